The van der Waals surface area contributed by atoms with Gasteiger partial charge in [-0.2, -0.15) is 0 Å². The molecule has 1 aliphatic heterocycles. The van der Waals surface area contributed by atoms with Crippen LogP contribution in [0.2, 0.25) is 0 Å². The second-order valence-corrected chi connectivity index (χ2v) is 5.15. The van der Waals surface area contributed by atoms with Gasteiger partial charge in [0, 0.05) is 32.2 Å². The van der Waals surface area contributed by atoms with Crippen LogP contribution in [0.5, 0.6) is 0 Å². The summed E-state index contributed by atoms with van der Waals surface area (Å²) >= 11 is 0. The van der Waals surface area contributed by atoms with Crippen molar-refractivity contribution in [2.75, 3.05) is 26.2 Å². The SMILES string of the molecule is CC(C(=O)O)N1CCN(C2CCCC2O)CC1. The van der Waals surface area contributed by atoms with Gasteiger partial charge in [0.05, 0.1) is 6.10 Å². The monoisotopic (exact) mass is 242 g/mol. The van der Waals surface area contributed by atoms with Gasteiger partial charge in [-0.1, -0.05) is 0 Å². The Morgan fingerprint density at radius 3 is 2.35 bits per heavy atom. The topological polar surface area (TPSA) is 64.0 Å². The summed E-state index contributed by atoms with van der Waals surface area (Å²) < 4.78 is 0. The van der Waals surface area contributed by atoms with Crippen LogP contribution in [-0.2, 0) is 4.79 Å². The standard InChI is InChI=1S/C12H22N2O3/c1-9(12(16)17)13-5-7-14(8-6-13)10-3-2-4-11(10)15/h9-11,15H,2-8H2,1H3,(H,16,17). The minimum atomic E-state index is -0.751. The highest BCUT2D eigenvalue weighted by Gasteiger charge is 2.33. The first-order valence-corrected chi connectivity index (χ1v) is 6.48. The Hall–Kier alpha value is -0.650. The summed E-state index contributed by atoms with van der Waals surface area (Å²) in [6.07, 6.45) is 2.92. The van der Waals surface area contributed by atoms with Crippen LogP contribution in [0.25, 0.3) is 0 Å². The summed E-state index contributed by atoms with van der Waals surface area (Å²) in [5.41, 5.74) is 0. The third kappa shape index (κ3) is 2.78. The van der Waals surface area contributed by atoms with E-state index in [1.165, 1.54) is 0 Å². The van der Waals surface area contributed by atoms with Gasteiger partial charge in [-0.05, 0) is 26.2 Å². The van der Waals surface area contributed by atoms with Crippen LogP contribution in [0.1, 0.15) is 26.2 Å². The van der Waals surface area contributed by atoms with E-state index in [1.54, 1.807) is 6.92 Å². The highest BCUT2D eigenvalue weighted by molar-refractivity contribution is 5.72. The average molecular weight is 242 g/mol. The van der Waals surface area contributed by atoms with Crippen molar-refractivity contribution in [2.24, 2.45) is 0 Å². The molecule has 0 amide bonds. The van der Waals surface area contributed by atoms with Gasteiger partial charge in [0.15, 0.2) is 0 Å². The van der Waals surface area contributed by atoms with Gasteiger partial charge in [0.2, 0.25) is 0 Å². The van der Waals surface area contributed by atoms with Crippen LogP contribution < -0.4 is 0 Å². The normalized spacial score (nSPS) is 33.8. The van der Waals surface area contributed by atoms with Gasteiger partial charge in [-0.3, -0.25) is 14.6 Å². The minimum Gasteiger partial charge on any atom is -0.480 e. The average Bonchev–Trinajstić information content (AvgIpc) is 2.74. The van der Waals surface area contributed by atoms with Crippen LogP contribution in [0.3, 0.4) is 0 Å². The number of carbonyl (C=O) groups is 1. The lowest BCUT2D eigenvalue weighted by Crippen LogP contribution is -2.55. The Bertz CT molecular complexity index is 277. The van der Waals surface area contributed by atoms with Gasteiger partial charge in [0.25, 0.3) is 0 Å². The first-order chi connectivity index (χ1) is 8.09. The van der Waals surface area contributed by atoms with E-state index < -0.39 is 12.0 Å². The van der Waals surface area contributed by atoms with Crippen LogP contribution >= 0.6 is 0 Å². The Balaban J connectivity index is 1.83. The molecule has 5 nitrogen and oxygen atoms in total. The summed E-state index contributed by atoms with van der Waals surface area (Å²) in [5, 5.41) is 18.8. The van der Waals surface area contributed by atoms with E-state index in [0.717, 1.165) is 45.4 Å². The molecule has 0 aromatic carbocycles. The maximum Gasteiger partial charge on any atom is 0.320 e. The predicted molar refractivity (Wildman–Crippen MR) is 63.9 cm³/mol. The van der Waals surface area contributed by atoms with Crippen molar-refractivity contribution in [1.82, 2.24) is 9.80 Å². The van der Waals surface area contributed by atoms with E-state index in [0.29, 0.717) is 6.04 Å². The fraction of sp³-hybridized carbons (Fsp3) is 0.917. The predicted octanol–water partition coefficient (Wildman–Crippen LogP) is -0.00950. The lowest BCUT2D eigenvalue weighted by molar-refractivity contribution is -0.143. The molecule has 5 heteroatoms. The molecule has 3 atom stereocenters. The second kappa shape index (κ2) is 5.33. The Morgan fingerprint density at radius 1 is 1.24 bits per heavy atom. The Morgan fingerprint density at radius 2 is 1.88 bits per heavy atom. The smallest absolute Gasteiger partial charge is 0.320 e. The summed E-state index contributed by atoms with van der Waals surface area (Å²) in [7, 11) is 0. The summed E-state index contributed by atoms with van der Waals surface area (Å²) in [4.78, 5) is 15.2. The number of nitrogens with zero attached hydrogens (tertiary/aromatic N) is 2. The van der Waals surface area contributed by atoms with Crippen LogP contribution in [0.15, 0.2) is 0 Å². The lowest BCUT2D eigenvalue weighted by atomic mass is 10.1. The summed E-state index contributed by atoms with van der Waals surface area (Å²) in [6.45, 7) is 5.06. The fourth-order valence-electron chi connectivity index (χ4n) is 2.96. The number of hydrogen-bond donors (Lipinski definition) is 2. The number of hydrogen-bond acceptors (Lipinski definition) is 4. The molecule has 1 saturated carbocycles. The molecule has 1 aliphatic carbocycles. The maximum absolute atomic E-state index is 10.9. The van der Waals surface area contributed by atoms with Gasteiger partial charge >= 0.3 is 5.97 Å². The third-order valence-corrected chi connectivity index (χ3v) is 4.17. The van der Waals surface area contributed by atoms with Crippen molar-refractivity contribution in [2.45, 2.75) is 44.4 Å². The van der Waals surface area contributed by atoms with Crippen molar-refractivity contribution in [1.29, 1.82) is 0 Å². The molecular formula is C12H22N2O3. The number of carboxylic acid groups (broad SMARTS) is 1. The van der Waals surface area contributed by atoms with Gasteiger partial charge in [-0.15, -0.1) is 0 Å². The number of aliphatic hydroxyl groups excluding tert-OH is 1. The van der Waals surface area contributed by atoms with Crippen molar-refractivity contribution in [3.05, 3.63) is 0 Å². The van der Waals surface area contributed by atoms with E-state index in [9.17, 15) is 9.90 Å². The highest BCUT2D eigenvalue weighted by atomic mass is 16.4. The van der Waals surface area contributed by atoms with Gasteiger partial charge in [-0.25, -0.2) is 0 Å². The molecule has 0 bridgehead atoms. The molecule has 3 unspecified atom stereocenters. The molecular weight excluding hydrogens is 220 g/mol. The number of rotatable bonds is 3. The van der Waals surface area contributed by atoms with Gasteiger partial charge in [0.1, 0.15) is 6.04 Å². The molecule has 0 aromatic rings. The molecule has 1 saturated heterocycles. The quantitative estimate of drug-likeness (QED) is 0.729. The van der Waals surface area contributed by atoms with E-state index in [2.05, 4.69) is 4.90 Å². The zero-order valence-electron chi connectivity index (χ0n) is 10.4. The number of aliphatic hydroxyl groups is 1. The molecule has 98 valence electrons. The third-order valence-electron chi connectivity index (χ3n) is 4.17. The molecule has 0 spiro atoms. The zero-order valence-corrected chi connectivity index (χ0v) is 10.4. The highest BCUT2D eigenvalue weighted by Crippen LogP contribution is 2.25. The summed E-state index contributed by atoms with van der Waals surface area (Å²) in [6, 6.07) is -0.0945. The maximum atomic E-state index is 10.9. The molecule has 2 rings (SSSR count). The molecule has 2 N–H and O–H groups in total. The van der Waals surface area contributed by atoms with Crippen molar-refractivity contribution < 1.29 is 15.0 Å². The minimum absolute atomic E-state index is 0.182. The molecule has 2 fully saturated rings. The number of carboxylic acids is 1. The molecule has 17 heavy (non-hydrogen) atoms. The largest absolute Gasteiger partial charge is 0.480 e. The van der Waals surface area contributed by atoms with E-state index in [4.69, 9.17) is 5.11 Å². The molecule has 1 heterocycles. The first-order valence-electron chi connectivity index (χ1n) is 6.48. The van der Waals surface area contributed by atoms with Crippen molar-refractivity contribution >= 4 is 5.97 Å². The Labute approximate surface area is 102 Å². The molecule has 0 radical (unpaired) electrons. The van der Waals surface area contributed by atoms with E-state index >= 15 is 0 Å². The van der Waals surface area contributed by atoms with Crippen molar-refractivity contribution in [3.63, 3.8) is 0 Å². The van der Waals surface area contributed by atoms with Crippen LogP contribution in [0.4, 0.5) is 0 Å². The van der Waals surface area contributed by atoms with Gasteiger partial charge < -0.3 is 10.2 Å². The molecule has 0 aromatic heterocycles. The zero-order chi connectivity index (χ0) is 12.4. The Kier molecular flexibility index (Phi) is 4.01. The second-order valence-electron chi connectivity index (χ2n) is 5.15. The number of aliphatic carboxylic acids is 1. The number of piperazine rings is 1. The first kappa shape index (κ1) is 12.8. The summed E-state index contributed by atoms with van der Waals surface area (Å²) in [5.74, 6) is -0.751. The lowest BCUT2D eigenvalue weighted by Gasteiger charge is -2.40. The van der Waals surface area contributed by atoms with Crippen LogP contribution in [0, 0.1) is 0 Å². The van der Waals surface area contributed by atoms with Crippen LogP contribution in [-0.4, -0.2) is 70.3 Å². The van der Waals surface area contributed by atoms with E-state index in [1.807, 2.05) is 4.90 Å². The van der Waals surface area contributed by atoms with E-state index in [-0.39, 0.29) is 6.10 Å². The van der Waals surface area contributed by atoms with Crippen molar-refractivity contribution in [3.8, 4) is 0 Å². The fourth-order valence-corrected chi connectivity index (χ4v) is 2.96. The molecule has 2 aliphatic rings.